The fraction of sp³-hybridized carbons (Fsp3) is 0.250. The standard InChI is InChI=1S/C20H18BrF3N4OS/c21-16-8-6-15(7-9-16)18-26-27-19(30-12-17(29)25-13-20(22,23)24)28(18)11-10-14-4-2-1-3-5-14/h1-9H,10-13H2,(H,25,29). The molecule has 30 heavy (non-hydrogen) atoms. The van der Waals surface area contributed by atoms with Gasteiger partial charge in [-0.25, -0.2) is 0 Å². The molecule has 0 aliphatic carbocycles. The smallest absolute Gasteiger partial charge is 0.346 e. The van der Waals surface area contributed by atoms with E-state index < -0.39 is 18.6 Å². The number of nitrogens with zero attached hydrogens (tertiary/aromatic N) is 3. The van der Waals surface area contributed by atoms with E-state index in [4.69, 9.17) is 0 Å². The monoisotopic (exact) mass is 498 g/mol. The number of hydrogen-bond donors (Lipinski definition) is 1. The molecule has 1 amide bonds. The summed E-state index contributed by atoms with van der Waals surface area (Å²) in [5, 5.41) is 10.8. The zero-order valence-electron chi connectivity index (χ0n) is 15.7. The molecule has 0 unspecified atom stereocenters. The van der Waals surface area contributed by atoms with Crippen LogP contribution in [0.5, 0.6) is 0 Å². The maximum absolute atomic E-state index is 12.3. The largest absolute Gasteiger partial charge is 0.405 e. The van der Waals surface area contributed by atoms with E-state index in [0.29, 0.717) is 17.5 Å². The summed E-state index contributed by atoms with van der Waals surface area (Å²) in [5.74, 6) is -0.253. The lowest BCUT2D eigenvalue weighted by atomic mass is 10.1. The quantitative estimate of drug-likeness (QED) is 0.456. The van der Waals surface area contributed by atoms with Gasteiger partial charge in [0.15, 0.2) is 11.0 Å². The van der Waals surface area contributed by atoms with Gasteiger partial charge in [-0.2, -0.15) is 13.2 Å². The van der Waals surface area contributed by atoms with Crippen molar-refractivity contribution in [3.05, 3.63) is 64.6 Å². The number of amides is 1. The molecule has 0 radical (unpaired) electrons. The molecule has 0 aliphatic rings. The number of aromatic nitrogens is 3. The highest BCUT2D eigenvalue weighted by Gasteiger charge is 2.27. The van der Waals surface area contributed by atoms with Crippen molar-refractivity contribution in [2.75, 3.05) is 12.3 Å². The molecular weight excluding hydrogens is 481 g/mol. The summed E-state index contributed by atoms with van der Waals surface area (Å²) in [6, 6.07) is 17.5. The maximum atomic E-state index is 12.3. The van der Waals surface area contributed by atoms with E-state index in [0.717, 1.165) is 33.8 Å². The Balaban J connectivity index is 1.76. The highest BCUT2D eigenvalue weighted by atomic mass is 79.9. The van der Waals surface area contributed by atoms with Crippen LogP contribution in [0, 0.1) is 0 Å². The molecule has 0 atom stereocenters. The summed E-state index contributed by atoms with van der Waals surface area (Å²) in [4.78, 5) is 11.8. The van der Waals surface area contributed by atoms with Crippen molar-refractivity contribution < 1.29 is 18.0 Å². The van der Waals surface area contributed by atoms with Crippen molar-refractivity contribution in [1.82, 2.24) is 20.1 Å². The summed E-state index contributed by atoms with van der Waals surface area (Å²) in [6.07, 6.45) is -3.72. The number of hydrogen-bond acceptors (Lipinski definition) is 4. The number of alkyl halides is 3. The van der Waals surface area contributed by atoms with Crippen LogP contribution in [0.1, 0.15) is 5.56 Å². The first-order valence-corrected chi connectivity index (χ1v) is 10.8. The molecule has 0 bridgehead atoms. The van der Waals surface area contributed by atoms with E-state index >= 15 is 0 Å². The molecule has 10 heteroatoms. The number of carbonyl (C=O) groups excluding carboxylic acids is 1. The van der Waals surface area contributed by atoms with Gasteiger partial charge >= 0.3 is 6.18 Å². The zero-order chi connectivity index (χ0) is 21.6. The third-order valence-electron chi connectivity index (χ3n) is 4.10. The Bertz CT molecular complexity index is 978. The molecular formula is C20H18BrF3N4OS. The second kappa shape index (κ2) is 10.1. The number of rotatable bonds is 8. The topological polar surface area (TPSA) is 59.8 Å². The van der Waals surface area contributed by atoms with E-state index in [-0.39, 0.29) is 5.75 Å². The Morgan fingerprint density at radius 2 is 1.77 bits per heavy atom. The molecule has 2 aromatic carbocycles. The van der Waals surface area contributed by atoms with Gasteiger partial charge in [-0.1, -0.05) is 70.2 Å². The van der Waals surface area contributed by atoms with Crippen molar-refractivity contribution in [2.24, 2.45) is 0 Å². The zero-order valence-corrected chi connectivity index (χ0v) is 18.1. The Morgan fingerprint density at radius 3 is 2.43 bits per heavy atom. The number of aryl methyl sites for hydroxylation is 1. The first-order valence-electron chi connectivity index (χ1n) is 9.01. The lowest BCUT2D eigenvalue weighted by Crippen LogP contribution is -2.34. The molecule has 158 valence electrons. The van der Waals surface area contributed by atoms with Crippen LogP contribution in [0.3, 0.4) is 0 Å². The van der Waals surface area contributed by atoms with Gasteiger partial charge in [-0.15, -0.1) is 10.2 Å². The van der Waals surface area contributed by atoms with Gasteiger partial charge < -0.3 is 9.88 Å². The molecule has 1 heterocycles. The molecule has 0 aliphatic heterocycles. The second-order valence-corrected chi connectivity index (χ2v) is 8.24. The van der Waals surface area contributed by atoms with Crippen molar-refractivity contribution in [3.63, 3.8) is 0 Å². The molecule has 0 saturated heterocycles. The Morgan fingerprint density at radius 1 is 1.07 bits per heavy atom. The normalized spacial score (nSPS) is 11.5. The van der Waals surface area contributed by atoms with Crippen molar-refractivity contribution >= 4 is 33.6 Å². The number of thioether (sulfide) groups is 1. The molecule has 0 saturated carbocycles. The van der Waals surface area contributed by atoms with Crippen molar-refractivity contribution in [1.29, 1.82) is 0 Å². The lowest BCUT2D eigenvalue weighted by Gasteiger charge is -2.11. The summed E-state index contributed by atoms with van der Waals surface area (Å²) in [5.41, 5.74) is 1.99. The summed E-state index contributed by atoms with van der Waals surface area (Å²) < 4.78 is 39.6. The second-order valence-electron chi connectivity index (χ2n) is 6.38. The number of benzene rings is 2. The minimum absolute atomic E-state index is 0.181. The number of carbonyl (C=O) groups is 1. The van der Waals surface area contributed by atoms with E-state index in [1.807, 2.05) is 64.5 Å². The SMILES string of the molecule is O=C(CSc1nnc(-c2ccc(Br)cc2)n1CCc1ccccc1)NCC(F)(F)F. The fourth-order valence-corrected chi connectivity index (χ4v) is 3.73. The van der Waals surface area contributed by atoms with Crippen LogP contribution in [0.15, 0.2) is 64.2 Å². The van der Waals surface area contributed by atoms with Crippen molar-refractivity contribution in [3.8, 4) is 11.4 Å². The lowest BCUT2D eigenvalue weighted by molar-refractivity contribution is -0.136. The van der Waals surface area contributed by atoms with Gasteiger partial charge in [0.05, 0.1) is 5.75 Å². The first kappa shape index (κ1) is 22.4. The summed E-state index contributed by atoms with van der Waals surface area (Å²) >= 11 is 4.46. The first-order chi connectivity index (χ1) is 14.3. The van der Waals surface area contributed by atoms with Gasteiger partial charge in [0, 0.05) is 16.6 Å². The number of halogens is 4. The minimum atomic E-state index is -4.44. The maximum Gasteiger partial charge on any atom is 0.405 e. The van der Waals surface area contributed by atoms with Gasteiger partial charge in [0.2, 0.25) is 5.91 Å². The van der Waals surface area contributed by atoms with E-state index in [1.54, 1.807) is 0 Å². The number of nitrogens with one attached hydrogen (secondary N) is 1. The predicted octanol–water partition coefficient (Wildman–Crippen LogP) is 4.72. The van der Waals surface area contributed by atoms with Crippen LogP contribution < -0.4 is 5.32 Å². The van der Waals surface area contributed by atoms with Crippen LogP contribution in [-0.4, -0.2) is 39.1 Å². The molecule has 0 spiro atoms. The van der Waals surface area contributed by atoms with E-state index in [9.17, 15) is 18.0 Å². The molecule has 1 N–H and O–H groups in total. The molecule has 0 fully saturated rings. The van der Waals surface area contributed by atoms with Crippen molar-refractivity contribution in [2.45, 2.75) is 24.3 Å². The third-order valence-corrected chi connectivity index (χ3v) is 5.60. The Hall–Kier alpha value is -2.33. The van der Waals surface area contributed by atoms with Crippen LogP contribution in [0.25, 0.3) is 11.4 Å². The third kappa shape index (κ3) is 6.60. The average Bonchev–Trinajstić information content (AvgIpc) is 3.12. The van der Waals surface area contributed by atoms with E-state index in [1.165, 1.54) is 0 Å². The van der Waals surface area contributed by atoms with Gasteiger partial charge in [0.1, 0.15) is 6.54 Å². The highest BCUT2D eigenvalue weighted by molar-refractivity contribution is 9.10. The van der Waals surface area contributed by atoms with Crippen LogP contribution in [0.2, 0.25) is 0 Å². The average molecular weight is 499 g/mol. The Kier molecular flexibility index (Phi) is 7.54. The predicted molar refractivity (Wildman–Crippen MR) is 113 cm³/mol. The molecule has 5 nitrogen and oxygen atoms in total. The van der Waals surface area contributed by atoms with Gasteiger partial charge in [0.25, 0.3) is 0 Å². The molecule has 1 aromatic heterocycles. The molecule has 3 rings (SSSR count). The van der Waals surface area contributed by atoms with Crippen LogP contribution in [-0.2, 0) is 17.8 Å². The van der Waals surface area contributed by atoms with E-state index in [2.05, 4.69) is 26.1 Å². The molecule has 3 aromatic rings. The van der Waals surface area contributed by atoms with Crippen LogP contribution >= 0.6 is 27.7 Å². The minimum Gasteiger partial charge on any atom is -0.346 e. The van der Waals surface area contributed by atoms with Gasteiger partial charge in [-0.3, -0.25) is 4.79 Å². The fourth-order valence-electron chi connectivity index (χ4n) is 2.68. The van der Waals surface area contributed by atoms with Gasteiger partial charge in [-0.05, 0) is 24.1 Å². The summed E-state index contributed by atoms with van der Waals surface area (Å²) in [7, 11) is 0. The summed E-state index contributed by atoms with van der Waals surface area (Å²) in [6.45, 7) is -0.786. The highest BCUT2D eigenvalue weighted by Crippen LogP contribution is 2.26. The van der Waals surface area contributed by atoms with Crippen LogP contribution in [0.4, 0.5) is 13.2 Å². The Labute approximate surface area is 184 Å².